The molecular formula is C50H45NSi. The fraction of sp³-hybridized carbons (Fsp3) is 0.160. The lowest BCUT2D eigenvalue weighted by Gasteiger charge is -2.44. The van der Waals surface area contributed by atoms with Crippen molar-refractivity contribution in [3.8, 4) is 22.3 Å². The van der Waals surface area contributed by atoms with E-state index >= 15 is 0 Å². The molecule has 1 heterocycles. The standard InChI is InChI=1S/C50H45NSi/c1-49(2)34-35-50(3,4)48-42(49)25-16-27-44(48)51(38-32-30-37(31-33-38)36-18-8-5-9-19-36)43-26-17-29-46-47(43)41-24-14-15-28-45(41)52(46,39-20-10-6-11-21-39)40-22-12-7-13-23-40/h5-33H,34-35H2,1-4H3. The van der Waals surface area contributed by atoms with Crippen LogP contribution in [-0.4, -0.2) is 8.07 Å². The third-order valence-corrected chi connectivity index (χ3v) is 16.9. The van der Waals surface area contributed by atoms with Gasteiger partial charge in [-0.3, -0.25) is 0 Å². The normalized spacial score (nSPS) is 16.0. The lowest BCUT2D eigenvalue weighted by Crippen LogP contribution is -2.72. The quantitative estimate of drug-likeness (QED) is 0.157. The van der Waals surface area contributed by atoms with Crippen molar-refractivity contribution in [2.24, 2.45) is 0 Å². The highest BCUT2D eigenvalue weighted by atomic mass is 28.3. The molecule has 254 valence electrons. The van der Waals surface area contributed by atoms with E-state index in [1.807, 2.05) is 0 Å². The summed E-state index contributed by atoms with van der Waals surface area (Å²) in [6.45, 7) is 9.77. The minimum atomic E-state index is -2.66. The van der Waals surface area contributed by atoms with Gasteiger partial charge in [0.2, 0.25) is 0 Å². The summed E-state index contributed by atoms with van der Waals surface area (Å²) in [5.74, 6) is 0. The van der Waals surface area contributed by atoms with Crippen LogP contribution < -0.4 is 25.6 Å². The highest BCUT2D eigenvalue weighted by Gasteiger charge is 2.50. The van der Waals surface area contributed by atoms with Crippen molar-refractivity contribution >= 4 is 45.9 Å². The van der Waals surface area contributed by atoms with Gasteiger partial charge in [0.15, 0.2) is 8.07 Å². The third-order valence-electron chi connectivity index (χ3n) is 12.0. The van der Waals surface area contributed by atoms with E-state index < -0.39 is 8.07 Å². The Balaban J connectivity index is 1.37. The van der Waals surface area contributed by atoms with Gasteiger partial charge in [0, 0.05) is 11.3 Å². The molecule has 0 amide bonds. The Labute approximate surface area is 310 Å². The first-order chi connectivity index (χ1) is 25.3. The van der Waals surface area contributed by atoms with Gasteiger partial charge < -0.3 is 4.90 Å². The topological polar surface area (TPSA) is 3.24 Å². The lowest BCUT2D eigenvalue weighted by molar-refractivity contribution is 0.332. The highest BCUT2D eigenvalue weighted by molar-refractivity contribution is 7.22. The molecule has 0 saturated heterocycles. The summed E-state index contributed by atoms with van der Waals surface area (Å²) < 4.78 is 0. The van der Waals surface area contributed by atoms with E-state index in [1.54, 1.807) is 0 Å². The maximum absolute atomic E-state index is 2.66. The van der Waals surface area contributed by atoms with Gasteiger partial charge in [-0.1, -0.05) is 179 Å². The summed E-state index contributed by atoms with van der Waals surface area (Å²) in [5, 5.41) is 5.76. The van der Waals surface area contributed by atoms with Crippen LogP contribution in [-0.2, 0) is 10.8 Å². The van der Waals surface area contributed by atoms with Crippen molar-refractivity contribution in [3.05, 3.63) is 187 Å². The molecule has 52 heavy (non-hydrogen) atoms. The minimum absolute atomic E-state index is 0.0200. The zero-order valence-electron chi connectivity index (χ0n) is 30.6. The zero-order chi connectivity index (χ0) is 35.5. The molecule has 2 heteroatoms. The number of hydrogen-bond donors (Lipinski definition) is 0. The fourth-order valence-corrected chi connectivity index (χ4v) is 14.6. The van der Waals surface area contributed by atoms with Gasteiger partial charge in [0.25, 0.3) is 0 Å². The Morgan fingerprint density at radius 2 is 0.962 bits per heavy atom. The molecule has 1 aliphatic heterocycles. The maximum atomic E-state index is 2.60. The number of anilines is 3. The molecule has 2 aliphatic rings. The van der Waals surface area contributed by atoms with E-state index in [9.17, 15) is 0 Å². The van der Waals surface area contributed by atoms with Crippen LogP contribution in [0.5, 0.6) is 0 Å². The van der Waals surface area contributed by atoms with Crippen LogP contribution in [0, 0.1) is 0 Å². The SMILES string of the molecule is CC1(C)CCC(C)(C)c2c(N(c3ccc(-c4ccccc4)cc3)c3cccc4c3-c3ccccc3[Si]4(c3ccccc3)c3ccccc3)cccc21. The predicted octanol–water partition coefficient (Wildman–Crippen LogP) is 10.5. The summed E-state index contributed by atoms with van der Waals surface area (Å²) in [4.78, 5) is 2.60. The molecule has 0 radical (unpaired) electrons. The van der Waals surface area contributed by atoms with Crippen LogP contribution in [0.4, 0.5) is 17.1 Å². The first-order valence-corrected chi connectivity index (χ1v) is 20.7. The lowest BCUT2D eigenvalue weighted by atomic mass is 9.62. The number of fused-ring (bicyclic) bond motifs is 4. The summed E-state index contributed by atoms with van der Waals surface area (Å²) in [5.41, 5.74) is 11.9. The van der Waals surface area contributed by atoms with Gasteiger partial charge in [-0.25, -0.2) is 0 Å². The van der Waals surface area contributed by atoms with Crippen molar-refractivity contribution in [2.45, 2.75) is 51.4 Å². The molecule has 7 aromatic rings. The second-order valence-corrected chi connectivity index (χ2v) is 19.7. The van der Waals surface area contributed by atoms with E-state index in [2.05, 4.69) is 209 Å². The number of benzene rings is 7. The monoisotopic (exact) mass is 687 g/mol. The largest absolute Gasteiger partial charge is 0.310 e. The molecule has 1 nitrogen and oxygen atoms in total. The van der Waals surface area contributed by atoms with Crippen LogP contribution in [0.2, 0.25) is 0 Å². The second-order valence-electron chi connectivity index (χ2n) is 15.9. The molecule has 0 spiro atoms. The smallest absolute Gasteiger partial charge is 0.180 e. The number of rotatable bonds is 6. The van der Waals surface area contributed by atoms with Gasteiger partial charge in [0.1, 0.15) is 0 Å². The van der Waals surface area contributed by atoms with Crippen LogP contribution in [0.1, 0.15) is 51.7 Å². The van der Waals surface area contributed by atoms with Gasteiger partial charge in [-0.15, -0.1) is 0 Å². The van der Waals surface area contributed by atoms with Gasteiger partial charge in [-0.2, -0.15) is 0 Å². The molecule has 0 fully saturated rings. The molecule has 0 unspecified atom stereocenters. The van der Waals surface area contributed by atoms with E-state index in [-0.39, 0.29) is 10.8 Å². The molecule has 0 atom stereocenters. The first kappa shape index (κ1) is 32.5. The molecule has 0 N–H and O–H groups in total. The van der Waals surface area contributed by atoms with Crippen LogP contribution >= 0.6 is 0 Å². The highest BCUT2D eigenvalue weighted by Crippen LogP contribution is 2.53. The van der Waals surface area contributed by atoms with Crippen molar-refractivity contribution in [1.29, 1.82) is 0 Å². The summed E-state index contributed by atoms with van der Waals surface area (Å²) in [6, 6.07) is 66.1. The molecular weight excluding hydrogens is 643 g/mol. The van der Waals surface area contributed by atoms with E-state index in [0.717, 1.165) is 6.42 Å². The second kappa shape index (κ2) is 12.4. The van der Waals surface area contributed by atoms with Crippen molar-refractivity contribution in [2.75, 3.05) is 4.90 Å². The molecule has 0 aromatic heterocycles. The van der Waals surface area contributed by atoms with Crippen LogP contribution in [0.25, 0.3) is 22.3 Å². The first-order valence-electron chi connectivity index (χ1n) is 18.7. The predicted molar refractivity (Wildman–Crippen MR) is 224 cm³/mol. The fourth-order valence-electron chi connectivity index (χ4n) is 9.39. The summed E-state index contributed by atoms with van der Waals surface area (Å²) in [6.07, 6.45) is 2.33. The Kier molecular flexibility index (Phi) is 7.71. The van der Waals surface area contributed by atoms with Gasteiger partial charge in [0.05, 0.1) is 11.4 Å². The minimum Gasteiger partial charge on any atom is -0.310 e. The third kappa shape index (κ3) is 4.96. The van der Waals surface area contributed by atoms with Crippen LogP contribution in [0.3, 0.4) is 0 Å². The Morgan fingerprint density at radius 3 is 1.63 bits per heavy atom. The van der Waals surface area contributed by atoms with Gasteiger partial charge in [-0.05, 0) is 96.5 Å². The molecule has 1 aliphatic carbocycles. The molecule has 0 bridgehead atoms. The van der Waals surface area contributed by atoms with Crippen LogP contribution in [0.15, 0.2) is 176 Å². The molecule has 9 rings (SSSR count). The summed E-state index contributed by atoms with van der Waals surface area (Å²) >= 11 is 0. The Hall–Kier alpha value is -5.44. The average Bonchev–Trinajstić information content (AvgIpc) is 3.50. The maximum Gasteiger partial charge on any atom is 0.180 e. The zero-order valence-corrected chi connectivity index (χ0v) is 31.6. The van der Waals surface area contributed by atoms with E-state index in [4.69, 9.17) is 0 Å². The van der Waals surface area contributed by atoms with E-state index in [0.29, 0.717) is 0 Å². The van der Waals surface area contributed by atoms with E-state index in [1.165, 1.54) is 77.6 Å². The number of hydrogen-bond acceptors (Lipinski definition) is 1. The molecule has 7 aromatic carbocycles. The Morgan fingerprint density at radius 1 is 0.442 bits per heavy atom. The van der Waals surface area contributed by atoms with Crippen molar-refractivity contribution in [3.63, 3.8) is 0 Å². The Bertz CT molecular complexity index is 2350. The van der Waals surface area contributed by atoms with Crippen molar-refractivity contribution in [1.82, 2.24) is 0 Å². The molecule has 0 saturated carbocycles. The number of nitrogens with zero attached hydrogens (tertiary/aromatic N) is 1. The van der Waals surface area contributed by atoms with Gasteiger partial charge >= 0.3 is 0 Å². The van der Waals surface area contributed by atoms with Crippen molar-refractivity contribution < 1.29 is 0 Å². The average molecular weight is 688 g/mol. The summed E-state index contributed by atoms with van der Waals surface area (Å²) in [7, 11) is -2.66.